The summed E-state index contributed by atoms with van der Waals surface area (Å²) in [6.07, 6.45) is 1.95. The van der Waals surface area contributed by atoms with Gasteiger partial charge in [0.1, 0.15) is 0 Å². The molecule has 1 aliphatic rings. The fraction of sp³-hybridized carbons (Fsp3) is 0.867. The molecule has 0 aromatic carbocycles. The summed E-state index contributed by atoms with van der Waals surface area (Å²) in [4.78, 5) is 25.6. The van der Waals surface area contributed by atoms with Gasteiger partial charge in [-0.15, -0.1) is 0 Å². The second kappa shape index (κ2) is 7.07. The third-order valence-corrected chi connectivity index (χ3v) is 4.65. The molecule has 0 radical (unpaired) electrons. The lowest BCUT2D eigenvalue weighted by Crippen LogP contribution is -2.44. The number of ether oxygens (including phenoxy) is 1. The van der Waals surface area contributed by atoms with Crippen molar-refractivity contribution in [3.05, 3.63) is 0 Å². The Hall–Kier alpha value is -1.10. The predicted octanol–water partition coefficient (Wildman–Crippen LogP) is 2.01. The Morgan fingerprint density at radius 1 is 1.35 bits per heavy atom. The van der Waals surface area contributed by atoms with E-state index < -0.39 is 11.4 Å². The van der Waals surface area contributed by atoms with E-state index in [1.165, 1.54) is 0 Å². The summed E-state index contributed by atoms with van der Waals surface area (Å²) >= 11 is 0. The zero-order valence-corrected chi connectivity index (χ0v) is 13.0. The number of carbonyl (C=O) groups excluding carboxylic acids is 1. The first-order chi connectivity index (χ1) is 9.31. The van der Waals surface area contributed by atoms with Gasteiger partial charge in [0, 0.05) is 33.2 Å². The van der Waals surface area contributed by atoms with Crippen molar-refractivity contribution in [1.82, 2.24) is 4.90 Å². The van der Waals surface area contributed by atoms with Crippen molar-refractivity contribution in [1.29, 1.82) is 0 Å². The number of piperidine rings is 1. The van der Waals surface area contributed by atoms with Gasteiger partial charge in [0.05, 0.1) is 5.41 Å². The molecule has 0 aliphatic carbocycles. The van der Waals surface area contributed by atoms with E-state index in [0.29, 0.717) is 19.0 Å². The topological polar surface area (TPSA) is 66.8 Å². The standard InChI is InChI=1S/C15H27NO4/c1-11(2)15(3,14(18)19)9-13(17)16-7-5-12(6-8-16)10-20-4/h11-12H,5-10H2,1-4H3,(H,18,19). The maximum Gasteiger partial charge on any atom is 0.310 e. The van der Waals surface area contributed by atoms with Crippen LogP contribution in [0.25, 0.3) is 0 Å². The third kappa shape index (κ3) is 3.95. The average molecular weight is 285 g/mol. The van der Waals surface area contributed by atoms with Gasteiger partial charge in [-0.25, -0.2) is 0 Å². The lowest BCUT2D eigenvalue weighted by atomic mass is 9.76. The molecule has 0 spiro atoms. The van der Waals surface area contributed by atoms with Gasteiger partial charge in [0.25, 0.3) is 0 Å². The van der Waals surface area contributed by atoms with E-state index in [2.05, 4.69) is 0 Å². The molecule has 0 aromatic heterocycles. The Labute approximate surface area is 121 Å². The normalized spacial score (nSPS) is 19.9. The van der Waals surface area contributed by atoms with Crippen molar-refractivity contribution in [3.8, 4) is 0 Å². The van der Waals surface area contributed by atoms with Crippen molar-refractivity contribution in [2.75, 3.05) is 26.8 Å². The molecule has 20 heavy (non-hydrogen) atoms. The molecule has 0 saturated carbocycles. The molecule has 5 heteroatoms. The van der Waals surface area contributed by atoms with Gasteiger partial charge in [0.2, 0.25) is 5.91 Å². The van der Waals surface area contributed by atoms with Gasteiger partial charge in [-0.1, -0.05) is 13.8 Å². The van der Waals surface area contributed by atoms with Crippen molar-refractivity contribution >= 4 is 11.9 Å². The Kier molecular flexibility index (Phi) is 5.99. The molecule has 0 aromatic rings. The lowest BCUT2D eigenvalue weighted by molar-refractivity contribution is -0.156. The molecule has 0 bridgehead atoms. The van der Waals surface area contributed by atoms with Gasteiger partial charge >= 0.3 is 5.97 Å². The molecular formula is C15H27NO4. The number of hydrogen-bond acceptors (Lipinski definition) is 3. The van der Waals surface area contributed by atoms with Crippen LogP contribution in [0.3, 0.4) is 0 Å². The molecule has 1 heterocycles. The molecule has 1 N–H and O–H groups in total. The summed E-state index contributed by atoms with van der Waals surface area (Å²) in [6.45, 7) is 7.52. The first kappa shape index (κ1) is 17.0. The van der Waals surface area contributed by atoms with E-state index in [9.17, 15) is 14.7 Å². The summed E-state index contributed by atoms with van der Waals surface area (Å²) in [5.74, 6) is -0.496. The van der Waals surface area contributed by atoms with E-state index in [1.807, 2.05) is 13.8 Å². The van der Waals surface area contributed by atoms with Crippen LogP contribution in [-0.4, -0.2) is 48.7 Å². The molecule has 1 rings (SSSR count). The smallest absolute Gasteiger partial charge is 0.310 e. The number of methoxy groups -OCH3 is 1. The van der Waals surface area contributed by atoms with Gasteiger partial charge in [0.15, 0.2) is 0 Å². The van der Waals surface area contributed by atoms with Crippen molar-refractivity contribution in [2.45, 2.75) is 40.0 Å². The van der Waals surface area contributed by atoms with Crippen LogP contribution in [0, 0.1) is 17.3 Å². The number of likely N-dealkylation sites (tertiary alicyclic amines) is 1. The first-order valence-electron chi connectivity index (χ1n) is 7.31. The Bertz CT molecular complexity index is 348. The number of carboxylic acid groups (broad SMARTS) is 1. The fourth-order valence-corrected chi connectivity index (χ4v) is 2.54. The summed E-state index contributed by atoms with van der Waals surface area (Å²) in [5.41, 5.74) is -0.986. The number of rotatable bonds is 6. The SMILES string of the molecule is COCC1CCN(C(=O)CC(C)(C(=O)O)C(C)C)CC1. The van der Waals surface area contributed by atoms with Crippen LogP contribution in [0.15, 0.2) is 0 Å². The molecule has 1 amide bonds. The van der Waals surface area contributed by atoms with E-state index in [-0.39, 0.29) is 18.2 Å². The van der Waals surface area contributed by atoms with Gasteiger partial charge in [-0.05, 0) is 31.6 Å². The van der Waals surface area contributed by atoms with Crippen LogP contribution in [0.1, 0.15) is 40.0 Å². The number of nitrogens with zero attached hydrogens (tertiary/aromatic N) is 1. The molecule has 5 nitrogen and oxygen atoms in total. The van der Waals surface area contributed by atoms with Gasteiger partial charge in [-0.3, -0.25) is 9.59 Å². The monoisotopic (exact) mass is 285 g/mol. The molecule has 1 fully saturated rings. The molecular weight excluding hydrogens is 258 g/mol. The van der Waals surface area contributed by atoms with Crippen LogP contribution in [0.2, 0.25) is 0 Å². The minimum Gasteiger partial charge on any atom is -0.481 e. The summed E-state index contributed by atoms with van der Waals surface area (Å²) in [7, 11) is 1.69. The summed E-state index contributed by atoms with van der Waals surface area (Å²) in [6, 6.07) is 0. The Morgan fingerprint density at radius 3 is 2.30 bits per heavy atom. The third-order valence-electron chi connectivity index (χ3n) is 4.65. The van der Waals surface area contributed by atoms with E-state index in [0.717, 1.165) is 19.4 Å². The van der Waals surface area contributed by atoms with Crippen LogP contribution >= 0.6 is 0 Å². The number of amides is 1. The first-order valence-corrected chi connectivity index (χ1v) is 7.31. The average Bonchev–Trinajstić information content (AvgIpc) is 2.39. The molecule has 1 aliphatic heterocycles. The Balaban J connectivity index is 2.57. The highest BCUT2D eigenvalue weighted by Crippen LogP contribution is 2.32. The molecule has 116 valence electrons. The minimum absolute atomic E-state index is 0.0422. The highest BCUT2D eigenvalue weighted by atomic mass is 16.5. The number of hydrogen-bond donors (Lipinski definition) is 1. The van der Waals surface area contributed by atoms with Crippen molar-refractivity contribution in [3.63, 3.8) is 0 Å². The second-order valence-corrected chi connectivity index (χ2v) is 6.33. The van der Waals surface area contributed by atoms with Gasteiger partial charge < -0.3 is 14.7 Å². The van der Waals surface area contributed by atoms with Crippen LogP contribution in [-0.2, 0) is 14.3 Å². The summed E-state index contributed by atoms with van der Waals surface area (Å²) in [5, 5.41) is 9.37. The molecule has 1 saturated heterocycles. The fourth-order valence-electron chi connectivity index (χ4n) is 2.54. The lowest BCUT2D eigenvalue weighted by Gasteiger charge is -2.35. The maximum absolute atomic E-state index is 12.3. The van der Waals surface area contributed by atoms with Crippen LogP contribution in [0.4, 0.5) is 0 Å². The van der Waals surface area contributed by atoms with Crippen LogP contribution < -0.4 is 0 Å². The van der Waals surface area contributed by atoms with E-state index in [1.54, 1.807) is 18.9 Å². The largest absolute Gasteiger partial charge is 0.481 e. The number of carboxylic acids is 1. The molecule has 1 unspecified atom stereocenters. The van der Waals surface area contributed by atoms with E-state index in [4.69, 9.17) is 4.74 Å². The highest BCUT2D eigenvalue weighted by molar-refractivity contribution is 5.85. The van der Waals surface area contributed by atoms with Crippen molar-refractivity contribution < 1.29 is 19.4 Å². The number of aliphatic carboxylic acids is 1. The van der Waals surface area contributed by atoms with E-state index >= 15 is 0 Å². The zero-order chi connectivity index (χ0) is 15.3. The second-order valence-electron chi connectivity index (χ2n) is 6.33. The maximum atomic E-state index is 12.3. The van der Waals surface area contributed by atoms with Crippen molar-refractivity contribution in [2.24, 2.45) is 17.3 Å². The highest BCUT2D eigenvalue weighted by Gasteiger charge is 2.40. The minimum atomic E-state index is -0.986. The molecule has 1 atom stereocenters. The summed E-state index contributed by atoms with van der Waals surface area (Å²) < 4.78 is 5.14. The zero-order valence-electron chi connectivity index (χ0n) is 13.0. The number of carbonyl (C=O) groups is 2. The van der Waals surface area contributed by atoms with Gasteiger partial charge in [-0.2, -0.15) is 0 Å². The quantitative estimate of drug-likeness (QED) is 0.810. The Morgan fingerprint density at radius 2 is 1.90 bits per heavy atom. The predicted molar refractivity (Wildman–Crippen MR) is 76.4 cm³/mol. The van der Waals surface area contributed by atoms with Crippen LogP contribution in [0.5, 0.6) is 0 Å².